The second kappa shape index (κ2) is 7.74. The molecule has 166 valence electrons. The van der Waals surface area contributed by atoms with Gasteiger partial charge in [0, 0.05) is 18.1 Å². The number of rotatable bonds is 4. The number of nitrogens with one attached hydrogen (secondary N) is 1. The molecule has 0 amide bonds. The Kier molecular flexibility index (Phi) is 5.36. The number of nitrogens with zero attached hydrogens (tertiary/aromatic N) is 4. The summed E-state index contributed by atoms with van der Waals surface area (Å²) in [6.45, 7) is 3.86. The van der Waals surface area contributed by atoms with Crippen LogP contribution in [0.3, 0.4) is 0 Å². The molecule has 3 aromatic rings. The van der Waals surface area contributed by atoms with Gasteiger partial charge in [0.05, 0.1) is 23.9 Å². The van der Waals surface area contributed by atoms with Crippen molar-refractivity contribution in [3.63, 3.8) is 0 Å². The van der Waals surface area contributed by atoms with Crippen molar-refractivity contribution in [1.29, 1.82) is 0 Å². The maximum Gasteiger partial charge on any atom is 0.418 e. The van der Waals surface area contributed by atoms with Gasteiger partial charge in [-0.1, -0.05) is 13.8 Å². The number of alkyl halides is 4. The number of aromatic amines is 1. The highest BCUT2D eigenvalue weighted by Crippen LogP contribution is 2.40. The SMILES string of the molecule is CC(C)C[C@@]1(F)CN(c2ccc(C(F)(F)F)c(-c3[nH]nc4ncccc34)n2)CCC1O. The van der Waals surface area contributed by atoms with Gasteiger partial charge in [-0.2, -0.15) is 18.3 Å². The van der Waals surface area contributed by atoms with Crippen LogP contribution in [0.5, 0.6) is 0 Å². The van der Waals surface area contributed by atoms with Crippen molar-refractivity contribution in [1.82, 2.24) is 20.2 Å². The number of aliphatic hydroxyl groups is 1. The number of piperidine rings is 1. The number of fused-ring (bicyclic) bond motifs is 1. The monoisotopic (exact) mass is 437 g/mol. The number of pyridine rings is 2. The fourth-order valence-corrected chi connectivity index (χ4v) is 4.19. The molecule has 1 saturated heterocycles. The lowest BCUT2D eigenvalue weighted by molar-refractivity contribution is -0.137. The first kappa shape index (κ1) is 21.5. The average molecular weight is 437 g/mol. The van der Waals surface area contributed by atoms with Gasteiger partial charge in [-0.05, 0) is 43.0 Å². The molecule has 1 aliphatic rings. The van der Waals surface area contributed by atoms with Gasteiger partial charge in [-0.3, -0.25) is 5.10 Å². The molecule has 0 radical (unpaired) electrons. The maximum absolute atomic E-state index is 15.5. The van der Waals surface area contributed by atoms with E-state index in [0.717, 1.165) is 6.07 Å². The van der Waals surface area contributed by atoms with Crippen molar-refractivity contribution in [2.24, 2.45) is 5.92 Å². The Balaban J connectivity index is 1.78. The molecule has 0 bridgehead atoms. The Hall–Kier alpha value is -2.75. The zero-order valence-electron chi connectivity index (χ0n) is 17.1. The Morgan fingerprint density at radius 1 is 1.29 bits per heavy atom. The predicted molar refractivity (Wildman–Crippen MR) is 108 cm³/mol. The van der Waals surface area contributed by atoms with Crippen molar-refractivity contribution < 1.29 is 22.7 Å². The molecule has 6 nitrogen and oxygen atoms in total. The fourth-order valence-electron chi connectivity index (χ4n) is 4.19. The predicted octanol–water partition coefficient (Wildman–Crippen LogP) is 4.36. The van der Waals surface area contributed by atoms with E-state index in [-0.39, 0.29) is 54.7 Å². The van der Waals surface area contributed by atoms with Crippen LogP contribution in [-0.2, 0) is 6.18 Å². The van der Waals surface area contributed by atoms with Crippen LogP contribution in [0.4, 0.5) is 23.4 Å². The molecule has 4 rings (SSSR count). The number of aromatic nitrogens is 4. The third-order valence-electron chi connectivity index (χ3n) is 5.55. The van der Waals surface area contributed by atoms with Crippen LogP contribution < -0.4 is 4.90 Å². The topological polar surface area (TPSA) is 77.9 Å². The van der Waals surface area contributed by atoms with Gasteiger partial charge >= 0.3 is 6.18 Å². The molecule has 1 aliphatic heterocycles. The molecular weight excluding hydrogens is 414 g/mol. The highest BCUT2D eigenvalue weighted by molar-refractivity contribution is 5.90. The zero-order chi connectivity index (χ0) is 22.4. The Morgan fingerprint density at radius 2 is 2.06 bits per heavy atom. The summed E-state index contributed by atoms with van der Waals surface area (Å²) in [4.78, 5) is 9.92. The lowest BCUT2D eigenvalue weighted by atomic mass is 9.84. The van der Waals surface area contributed by atoms with Gasteiger partial charge in [0.2, 0.25) is 0 Å². The van der Waals surface area contributed by atoms with Gasteiger partial charge in [0.1, 0.15) is 11.5 Å². The van der Waals surface area contributed by atoms with Crippen LogP contribution >= 0.6 is 0 Å². The standard InChI is InChI=1S/C21H23F4N5O/c1-12(2)10-20(22)11-30(9-7-15(20)31)16-6-5-14(21(23,24)25)18(27-16)17-13-4-3-8-26-19(13)29-28-17/h3-6,8,12,15,31H,7,9-11H2,1-2H3,(H,26,28,29)/t15?,20-/m1/s1. The first-order valence-electron chi connectivity index (χ1n) is 10.1. The zero-order valence-corrected chi connectivity index (χ0v) is 17.1. The highest BCUT2D eigenvalue weighted by atomic mass is 19.4. The first-order valence-corrected chi connectivity index (χ1v) is 10.1. The van der Waals surface area contributed by atoms with E-state index in [2.05, 4.69) is 20.2 Å². The largest absolute Gasteiger partial charge is 0.418 e. The fraction of sp³-hybridized carbons (Fsp3) is 0.476. The van der Waals surface area contributed by atoms with E-state index in [1.807, 2.05) is 13.8 Å². The van der Waals surface area contributed by atoms with Gasteiger partial charge in [-0.25, -0.2) is 14.4 Å². The Labute approximate surface area is 176 Å². The molecule has 1 fully saturated rings. The summed E-state index contributed by atoms with van der Waals surface area (Å²) in [6, 6.07) is 5.42. The lowest BCUT2D eigenvalue weighted by Gasteiger charge is -2.42. The molecule has 2 atom stereocenters. The van der Waals surface area contributed by atoms with Crippen molar-refractivity contribution in [2.75, 3.05) is 18.0 Å². The molecule has 0 spiro atoms. The summed E-state index contributed by atoms with van der Waals surface area (Å²) < 4.78 is 56.7. The molecule has 31 heavy (non-hydrogen) atoms. The molecule has 1 unspecified atom stereocenters. The van der Waals surface area contributed by atoms with E-state index in [4.69, 9.17) is 0 Å². The van der Waals surface area contributed by atoms with E-state index in [0.29, 0.717) is 5.39 Å². The normalized spacial score (nSPS) is 22.5. The van der Waals surface area contributed by atoms with Crippen LogP contribution in [0, 0.1) is 5.92 Å². The van der Waals surface area contributed by atoms with Gasteiger partial charge in [-0.15, -0.1) is 0 Å². The second-order valence-corrected chi connectivity index (χ2v) is 8.40. The molecule has 3 aromatic heterocycles. The highest BCUT2D eigenvalue weighted by Gasteiger charge is 2.44. The van der Waals surface area contributed by atoms with Crippen LogP contribution in [0.1, 0.15) is 32.3 Å². The number of anilines is 1. The molecule has 0 aromatic carbocycles. The van der Waals surface area contributed by atoms with Crippen molar-refractivity contribution in [3.8, 4) is 11.4 Å². The molecule has 4 heterocycles. The van der Waals surface area contributed by atoms with E-state index < -0.39 is 23.5 Å². The summed E-state index contributed by atoms with van der Waals surface area (Å²) in [7, 11) is 0. The van der Waals surface area contributed by atoms with E-state index in [1.165, 1.54) is 12.3 Å². The Morgan fingerprint density at radius 3 is 2.77 bits per heavy atom. The maximum atomic E-state index is 15.5. The summed E-state index contributed by atoms with van der Waals surface area (Å²) in [5.74, 6) is 0.229. The van der Waals surface area contributed by atoms with Crippen LogP contribution in [0.2, 0.25) is 0 Å². The van der Waals surface area contributed by atoms with Crippen LogP contribution in [0.25, 0.3) is 22.4 Å². The number of hydrogen-bond acceptors (Lipinski definition) is 5. The minimum Gasteiger partial charge on any atom is -0.390 e. The minimum absolute atomic E-state index is 0.0135. The molecule has 10 heteroatoms. The Bertz CT molecular complexity index is 1080. The summed E-state index contributed by atoms with van der Waals surface area (Å²) in [5, 5.41) is 17.2. The van der Waals surface area contributed by atoms with Crippen molar-refractivity contribution in [3.05, 3.63) is 36.0 Å². The third kappa shape index (κ3) is 4.08. The van der Waals surface area contributed by atoms with Crippen LogP contribution in [0.15, 0.2) is 30.5 Å². The van der Waals surface area contributed by atoms with E-state index in [9.17, 15) is 18.3 Å². The van der Waals surface area contributed by atoms with E-state index >= 15 is 4.39 Å². The van der Waals surface area contributed by atoms with E-state index in [1.54, 1.807) is 17.0 Å². The number of halogens is 4. The first-order chi connectivity index (χ1) is 14.6. The minimum atomic E-state index is -4.64. The third-order valence-corrected chi connectivity index (χ3v) is 5.55. The van der Waals surface area contributed by atoms with Gasteiger partial charge in [0.15, 0.2) is 11.3 Å². The molecule has 0 saturated carbocycles. The van der Waals surface area contributed by atoms with Crippen molar-refractivity contribution >= 4 is 16.9 Å². The second-order valence-electron chi connectivity index (χ2n) is 8.40. The summed E-state index contributed by atoms with van der Waals surface area (Å²) in [6.07, 6.45) is -3.95. The van der Waals surface area contributed by atoms with Crippen LogP contribution in [-0.4, -0.2) is 50.1 Å². The lowest BCUT2D eigenvalue weighted by Crippen LogP contribution is -2.55. The molecule has 0 aliphatic carbocycles. The van der Waals surface area contributed by atoms with Crippen molar-refractivity contribution in [2.45, 2.75) is 44.6 Å². The number of aliphatic hydroxyl groups excluding tert-OH is 1. The quantitative estimate of drug-likeness (QED) is 0.593. The molecule has 2 N–H and O–H groups in total. The smallest absolute Gasteiger partial charge is 0.390 e. The number of hydrogen-bond donors (Lipinski definition) is 2. The number of H-pyrrole nitrogens is 1. The average Bonchev–Trinajstić information content (AvgIpc) is 3.12. The summed E-state index contributed by atoms with van der Waals surface area (Å²) in [5.41, 5.74) is -2.72. The summed E-state index contributed by atoms with van der Waals surface area (Å²) >= 11 is 0. The van der Waals surface area contributed by atoms with Gasteiger partial charge in [0.25, 0.3) is 0 Å². The molecular formula is C21H23F4N5O. The van der Waals surface area contributed by atoms with Gasteiger partial charge < -0.3 is 10.0 Å².